The molecule has 0 spiro atoms. The molecular formula is C14H18N4. The molecule has 0 amide bonds. The Bertz CT molecular complexity index is 539. The normalized spacial score (nSPS) is 18.4. The van der Waals surface area contributed by atoms with Crippen LogP contribution in [0.15, 0.2) is 18.3 Å². The Morgan fingerprint density at radius 1 is 1.39 bits per heavy atom. The van der Waals surface area contributed by atoms with Crippen molar-refractivity contribution in [3.8, 4) is 0 Å². The van der Waals surface area contributed by atoms with E-state index in [9.17, 15) is 0 Å². The molecule has 4 heteroatoms. The van der Waals surface area contributed by atoms with Crippen LogP contribution in [0.3, 0.4) is 0 Å². The number of fused-ring (bicyclic) bond motifs is 1. The number of aromatic nitrogens is 3. The molecule has 1 aliphatic carbocycles. The van der Waals surface area contributed by atoms with Gasteiger partial charge in [0.15, 0.2) is 0 Å². The monoisotopic (exact) mass is 242 g/mol. The summed E-state index contributed by atoms with van der Waals surface area (Å²) in [6.07, 6.45) is 5.37. The quantitative estimate of drug-likeness (QED) is 0.851. The Hall–Kier alpha value is -1.84. The van der Waals surface area contributed by atoms with Gasteiger partial charge in [-0.3, -0.25) is 10.1 Å². The first-order valence-corrected chi connectivity index (χ1v) is 6.47. The van der Waals surface area contributed by atoms with E-state index in [1.54, 1.807) is 0 Å². The van der Waals surface area contributed by atoms with Crippen molar-refractivity contribution in [3.05, 3.63) is 41.0 Å². The highest BCUT2D eigenvalue weighted by Gasteiger charge is 2.22. The first-order chi connectivity index (χ1) is 8.75. The van der Waals surface area contributed by atoms with E-state index in [0.717, 1.165) is 29.9 Å². The van der Waals surface area contributed by atoms with Gasteiger partial charge in [-0.05, 0) is 44.7 Å². The number of pyridine rings is 1. The van der Waals surface area contributed by atoms with E-state index < -0.39 is 0 Å². The zero-order valence-corrected chi connectivity index (χ0v) is 10.8. The lowest BCUT2D eigenvalue weighted by Gasteiger charge is -2.26. The number of H-pyrrole nitrogens is 1. The van der Waals surface area contributed by atoms with Gasteiger partial charge < -0.3 is 5.32 Å². The molecule has 0 fully saturated rings. The highest BCUT2D eigenvalue weighted by atomic mass is 15.2. The number of aromatic amines is 1. The third-order valence-corrected chi connectivity index (χ3v) is 3.64. The third-order valence-electron chi connectivity index (χ3n) is 3.64. The van der Waals surface area contributed by atoms with Gasteiger partial charge in [-0.25, -0.2) is 0 Å². The van der Waals surface area contributed by atoms with Crippen LogP contribution in [0, 0.1) is 13.8 Å². The molecule has 2 N–H and O–H groups in total. The van der Waals surface area contributed by atoms with Gasteiger partial charge in [0, 0.05) is 6.20 Å². The van der Waals surface area contributed by atoms with Crippen molar-refractivity contribution in [2.24, 2.45) is 0 Å². The molecule has 94 valence electrons. The fourth-order valence-corrected chi connectivity index (χ4v) is 2.69. The van der Waals surface area contributed by atoms with E-state index in [-0.39, 0.29) is 0 Å². The van der Waals surface area contributed by atoms with Gasteiger partial charge in [-0.15, -0.1) is 0 Å². The summed E-state index contributed by atoms with van der Waals surface area (Å²) < 4.78 is 0. The molecule has 2 heterocycles. The number of nitrogens with one attached hydrogen (secondary N) is 2. The topological polar surface area (TPSA) is 53.6 Å². The summed E-state index contributed by atoms with van der Waals surface area (Å²) in [6.45, 7) is 4.07. The molecule has 4 nitrogen and oxygen atoms in total. The standard InChI is InChI=1S/C14H18N4/c1-9-13(10(2)18-17-9)16-12-7-3-5-11-6-4-8-15-14(11)12/h4,6,8,12,16H,3,5,7H2,1-2H3,(H,17,18). The predicted octanol–water partition coefficient (Wildman–Crippen LogP) is 2.91. The van der Waals surface area contributed by atoms with Crippen LogP contribution in [0.25, 0.3) is 0 Å². The molecule has 0 radical (unpaired) electrons. The maximum Gasteiger partial charge on any atom is 0.0825 e. The fourth-order valence-electron chi connectivity index (χ4n) is 2.69. The molecule has 2 aromatic heterocycles. The van der Waals surface area contributed by atoms with Crippen molar-refractivity contribution >= 4 is 5.69 Å². The van der Waals surface area contributed by atoms with E-state index >= 15 is 0 Å². The summed E-state index contributed by atoms with van der Waals surface area (Å²) in [5.41, 5.74) is 5.81. The van der Waals surface area contributed by atoms with Crippen molar-refractivity contribution in [3.63, 3.8) is 0 Å². The molecule has 0 saturated heterocycles. The third kappa shape index (κ3) is 1.88. The molecule has 0 aromatic carbocycles. The first kappa shape index (κ1) is 11.3. The van der Waals surface area contributed by atoms with Crippen LogP contribution in [0.1, 0.15) is 41.5 Å². The Labute approximate surface area is 107 Å². The van der Waals surface area contributed by atoms with Crippen molar-refractivity contribution in [2.45, 2.75) is 39.2 Å². The smallest absolute Gasteiger partial charge is 0.0825 e. The highest BCUT2D eigenvalue weighted by molar-refractivity contribution is 5.53. The lowest BCUT2D eigenvalue weighted by atomic mass is 9.91. The van der Waals surface area contributed by atoms with E-state index in [1.807, 2.05) is 26.1 Å². The van der Waals surface area contributed by atoms with E-state index in [4.69, 9.17) is 0 Å². The lowest BCUT2D eigenvalue weighted by Crippen LogP contribution is -2.19. The molecule has 0 aliphatic heterocycles. The Morgan fingerprint density at radius 3 is 3.06 bits per heavy atom. The van der Waals surface area contributed by atoms with Crippen molar-refractivity contribution < 1.29 is 0 Å². The number of anilines is 1. The number of hydrogen-bond acceptors (Lipinski definition) is 3. The number of aryl methyl sites for hydroxylation is 3. The second-order valence-electron chi connectivity index (χ2n) is 4.95. The van der Waals surface area contributed by atoms with E-state index in [1.165, 1.54) is 17.7 Å². The minimum atomic E-state index is 0.310. The Morgan fingerprint density at radius 2 is 2.28 bits per heavy atom. The van der Waals surface area contributed by atoms with E-state index in [2.05, 4.69) is 26.6 Å². The number of nitrogens with zero attached hydrogens (tertiary/aromatic N) is 2. The summed E-state index contributed by atoms with van der Waals surface area (Å²) in [4.78, 5) is 4.55. The summed E-state index contributed by atoms with van der Waals surface area (Å²) in [5, 5.41) is 10.8. The molecule has 3 rings (SSSR count). The molecule has 1 unspecified atom stereocenters. The molecule has 0 saturated carbocycles. The van der Waals surface area contributed by atoms with Crippen molar-refractivity contribution in [2.75, 3.05) is 5.32 Å². The average Bonchev–Trinajstić information content (AvgIpc) is 2.71. The molecule has 1 aliphatic rings. The summed E-state index contributed by atoms with van der Waals surface area (Å²) >= 11 is 0. The maximum absolute atomic E-state index is 4.55. The van der Waals surface area contributed by atoms with Crippen LogP contribution in [-0.2, 0) is 6.42 Å². The van der Waals surface area contributed by atoms with Gasteiger partial charge in [-0.1, -0.05) is 6.07 Å². The van der Waals surface area contributed by atoms with Crippen molar-refractivity contribution in [1.82, 2.24) is 15.2 Å². The molecule has 1 atom stereocenters. The highest BCUT2D eigenvalue weighted by Crippen LogP contribution is 2.32. The predicted molar refractivity (Wildman–Crippen MR) is 71.6 cm³/mol. The van der Waals surface area contributed by atoms with Crippen molar-refractivity contribution in [1.29, 1.82) is 0 Å². The van der Waals surface area contributed by atoms with Crippen LogP contribution < -0.4 is 5.32 Å². The molecule has 2 aromatic rings. The van der Waals surface area contributed by atoms with Gasteiger partial charge in [0.05, 0.1) is 28.8 Å². The van der Waals surface area contributed by atoms with Gasteiger partial charge >= 0.3 is 0 Å². The van der Waals surface area contributed by atoms with Crippen LogP contribution in [0.4, 0.5) is 5.69 Å². The molecule has 0 bridgehead atoms. The molecule has 18 heavy (non-hydrogen) atoms. The second-order valence-corrected chi connectivity index (χ2v) is 4.95. The van der Waals surface area contributed by atoms with Crippen LogP contribution >= 0.6 is 0 Å². The second kappa shape index (κ2) is 4.44. The molecular weight excluding hydrogens is 224 g/mol. The minimum absolute atomic E-state index is 0.310. The SMILES string of the molecule is Cc1n[nH]c(C)c1NC1CCCc2cccnc21. The first-order valence-electron chi connectivity index (χ1n) is 6.47. The lowest BCUT2D eigenvalue weighted by molar-refractivity contribution is 0.583. The van der Waals surface area contributed by atoms with Crippen LogP contribution in [0.2, 0.25) is 0 Å². The maximum atomic E-state index is 4.55. The van der Waals surface area contributed by atoms with Gasteiger partial charge in [0.2, 0.25) is 0 Å². The Kier molecular flexibility index (Phi) is 2.78. The largest absolute Gasteiger partial charge is 0.374 e. The van der Waals surface area contributed by atoms with Gasteiger partial charge in [0.25, 0.3) is 0 Å². The van der Waals surface area contributed by atoms with Crippen LogP contribution in [0.5, 0.6) is 0 Å². The summed E-state index contributed by atoms with van der Waals surface area (Å²) in [5.74, 6) is 0. The number of rotatable bonds is 2. The van der Waals surface area contributed by atoms with E-state index in [0.29, 0.717) is 6.04 Å². The summed E-state index contributed by atoms with van der Waals surface area (Å²) in [6, 6.07) is 4.52. The summed E-state index contributed by atoms with van der Waals surface area (Å²) in [7, 11) is 0. The average molecular weight is 242 g/mol. The van der Waals surface area contributed by atoms with Crippen LogP contribution in [-0.4, -0.2) is 15.2 Å². The zero-order valence-electron chi connectivity index (χ0n) is 10.8. The van der Waals surface area contributed by atoms with Gasteiger partial charge in [0.1, 0.15) is 0 Å². The fraction of sp³-hybridized carbons (Fsp3) is 0.429. The Balaban J connectivity index is 1.91. The van der Waals surface area contributed by atoms with Gasteiger partial charge in [-0.2, -0.15) is 5.10 Å². The minimum Gasteiger partial charge on any atom is -0.374 e. The number of hydrogen-bond donors (Lipinski definition) is 2. The zero-order chi connectivity index (χ0) is 12.5.